The first-order valence-electron chi connectivity index (χ1n) is 8.02. The van der Waals surface area contributed by atoms with Crippen LogP contribution in [0.25, 0.3) is 0 Å². The Morgan fingerprint density at radius 3 is 2.62 bits per heavy atom. The zero-order valence-electron chi connectivity index (χ0n) is 13.3. The molecule has 0 heterocycles. The number of amides is 1. The van der Waals surface area contributed by atoms with Crippen LogP contribution < -0.4 is 10.6 Å². The average Bonchev–Trinajstić information content (AvgIpc) is 2.84. The summed E-state index contributed by atoms with van der Waals surface area (Å²) in [6.45, 7) is 0. The second-order valence-electron chi connectivity index (χ2n) is 5.79. The van der Waals surface area contributed by atoms with Crippen LogP contribution in [0.2, 0.25) is 0 Å². The van der Waals surface area contributed by atoms with Crippen LogP contribution in [0.15, 0.2) is 36.0 Å². The van der Waals surface area contributed by atoms with Gasteiger partial charge in [-0.15, -0.1) is 0 Å². The predicted molar refractivity (Wildman–Crippen MR) is 90.0 cm³/mol. The van der Waals surface area contributed by atoms with Gasteiger partial charge in [0, 0.05) is 30.1 Å². The zero-order chi connectivity index (χ0) is 17.4. The van der Waals surface area contributed by atoms with Crippen molar-refractivity contribution in [3.63, 3.8) is 0 Å². The summed E-state index contributed by atoms with van der Waals surface area (Å²) in [6.07, 6.45) is 8.24. The molecule has 2 N–H and O–H groups in total. The molecule has 0 spiro atoms. The van der Waals surface area contributed by atoms with Crippen molar-refractivity contribution in [2.45, 2.75) is 44.6 Å². The highest BCUT2D eigenvalue weighted by Gasteiger charge is 2.14. The molecule has 2 rings (SSSR count). The number of anilines is 1. The standard InChI is InChI=1S/C17H20N4O3/c18-11-13(12-19-14-6-3-1-2-4-7-14)17(22)20-15-8-5-9-16(10-15)21(23)24/h5,8-10,12,14,19H,1-4,6-7H2,(H,20,22)/b13-12-. The Hall–Kier alpha value is -2.88. The van der Waals surface area contributed by atoms with Gasteiger partial charge in [-0.3, -0.25) is 14.9 Å². The Morgan fingerprint density at radius 1 is 1.29 bits per heavy atom. The number of carbonyl (C=O) groups excluding carboxylic acids is 1. The van der Waals surface area contributed by atoms with Crippen molar-refractivity contribution in [2.75, 3.05) is 5.32 Å². The van der Waals surface area contributed by atoms with E-state index in [1.807, 2.05) is 6.07 Å². The molecule has 1 fully saturated rings. The van der Waals surface area contributed by atoms with Crippen molar-refractivity contribution < 1.29 is 9.72 Å². The van der Waals surface area contributed by atoms with Crippen LogP contribution in [0.1, 0.15) is 38.5 Å². The maximum absolute atomic E-state index is 12.2. The highest BCUT2D eigenvalue weighted by Crippen LogP contribution is 2.19. The van der Waals surface area contributed by atoms with Gasteiger partial charge in [0.15, 0.2) is 0 Å². The maximum Gasteiger partial charge on any atom is 0.271 e. The lowest BCUT2D eigenvalue weighted by Crippen LogP contribution is -2.25. The molecular formula is C17H20N4O3. The minimum atomic E-state index is -0.584. The fraction of sp³-hybridized carbons (Fsp3) is 0.412. The first-order valence-corrected chi connectivity index (χ1v) is 8.02. The van der Waals surface area contributed by atoms with Crippen molar-refractivity contribution in [3.8, 4) is 6.07 Å². The second-order valence-corrected chi connectivity index (χ2v) is 5.79. The SMILES string of the molecule is N#C/C(=C/NC1CCCCCC1)C(=O)Nc1cccc([N+](=O)[O-])c1. The Labute approximate surface area is 140 Å². The van der Waals surface area contributed by atoms with Gasteiger partial charge in [-0.1, -0.05) is 31.7 Å². The van der Waals surface area contributed by atoms with E-state index in [0.29, 0.717) is 0 Å². The summed E-state index contributed by atoms with van der Waals surface area (Å²) in [5.41, 5.74) is 0.113. The Bertz CT molecular complexity index is 671. The van der Waals surface area contributed by atoms with E-state index in [4.69, 9.17) is 0 Å². The van der Waals surface area contributed by atoms with Crippen LogP contribution in [0.5, 0.6) is 0 Å². The van der Waals surface area contributed by atoms with E-state index in [0.717, 1.165) is 25.7 Å². The molecule has 1 saturated carbocycles. The largest absolute Gasteiger partial charge is 0.387 e. The van der Waals surface area contributed by atoms with Gasteiger partial charge in [0.1, 0.15) is 11.6 Å². The fourth-order valence-electron chi connectivity index (χ4n) is 2.69. The van der Waals surface area contributed by atoms with Crippen molar-refractivity contribution in [1.82, 2.24) is 5.32 Å². The van der Waals surface area contributed by atoms with Crippen molar-refractivity contribution >= 4 is 17.3 Å². The monoisotopic (exact) mass is 328 g/mol. The molecule has 1 aliphatic rings. The molecule has 0 atom stereocenters. The smallest absolute Gasteiger partial charge is 0.271 e. The number of hydrogen-bond acceptors (Lipinski definition) is 5. The number of nitro benzene ring substituents is 1. The van der Waals surface area contributed by atoms with E-state index in [-0.39, 0.29) is 23.0 Å². The third-order valence-corrected chi connectivity index (χ3v) is 4.00. The van der Waals surface area contributed by atoms with Crippen LogP contribution in [-0.4, -0.2) is 16.9 Å². The summed E-state index contributed by atoms with van der Waals surface area (Å²) in [4.78, 5) is 22.4. The number of nitrogens with one attached hydrogen (secondary N) is 2. The summed E-state index contributed by atoms with van der Waals surface area (Å²) < 4.78 is 0. The van der Waals surface area contributed by atoms with Crippen molar-refractivity contribution in [3.05, 3.63) is 46.2 Å². The van der Waals surface area contributed by atoms with E-state index in [1.54, 1.807) is 6.07 Å². The van der Waals surface area contributed by atoms with Crippen LogP contribution in [0, 0.1) is 21.4 Å². The molecule has 1 aromatic rings. The fourth-order valence-corrected chi connectivity index (χ4v) is 2.69. The van der Waals surface area contributed by atoms with E-state index >= 15 is 0 Å². The number of nitro groups is 1. The molecule has 7 nitrogen and oxygen atoms in total. The van der Waals surface area contributed by atoms with E-state index in [9.17, 15) is 20.2 Å². The molecule has 126 valence electrons. The third kappa shape index (κ3) is 5.09. The molecular weight excluding hydrogens is 308 g/mol. The van der Waals surface area contributed by atoms with Gasteiger partial charge in [-0.25, -0.2) is 0 Å². The lowest BCUT2D eigenvalue weighted by Gasteiger charge is -2.14. The number of non-ortho nitro benzene ring substituents is 1. The maximum atomic E-state index is 12.2. The normalized spacial score (nSPS) is 15.9. The minimum Gasteiger partial charge on any atom is -0.387 e. The van der Waals surface area contributed by atoms with Crippen molar-refractivity contribution in [2.24, 2.45) is 0 Å². The Kier molecular flexibility index (Phi) is 6.32. The van der Waals surface area contributed by atoms with Gasteiger partial charge in [-0.2, -0.15) is 5.26 Å². The predicted octanol–water partition coefficient (Wildman–Crippen LogP) is 3.25. The third-order valence-electron chi connectivity index (χ3n) is 4.00. The first kappa shape index (κ1) is 17.5. The number of nitriles is 1. The highest BCUT2D eigenvalue weighted by molar-refractivity contribution is 6.06. The molecule has 1 aromatic carbocycles. The van der Waals surface area contributed by atoms with E-state index in [2.05, 4.69) is 10.6 Å². The van der Waals surface area contributed by atoms with Crippen LogP contribution in [0.3, 0.4) is 0 Å². The molecule has 7 heteroatoms. The molecule has 0 bridgehead atoms. The topological polar surface area (TPSA) is 108 Å². The summed E-state index contributed by atoms with van der Waals surface area (Å²) in [6, 6.07) is 7.76. The molecule has 0 unspecified atom stereocenters. The van der Waals surface area contributed by atoms with Crippen LogP contribution in [-0.2, 0) is 4.79 Å². The van der Waals surface area contributed by atoms with Crippen LogP contribution in [0.4, 0.5) is 11.4 Å². The lowest BCUT2D eigenvalue weighted by atomic mass is 10.1. The number of carbonyl (C=O) groups is 1. The Balaban J connectivity index is 2.00. The quantitative estimate of drug-likeness (QED) is 0.283. The molecule has 0 aliphatic heterocycles. The number of nitrogens with zero attached hydrogens (tertiary/aromatic N) is 2. The summed E-state index contributed by atoms with van der Waals surface area (Å²) in [5.74, 6) is -0.584. The number of benzene rings is 1. The first-order chi connectivity index (χ1) is 11.6. The molecule has 0 saturated heterocycles. The number of hydrogen-bond donors (Lipinski definition) is 2. The van der Waals surface area contributed by atoms with Gasteiger partial charge < -0.3 is 10.6 Å². The highest BCUT2D eigenvalue weighted by atomic mass is 16.6. The Morgan fingerprint density at radius 2 is 2.00 bits per heavy atom. The minimum absolute atomic E-state index is 0.0502. The molecule has 0 aromatic heterocycles. The lowest BCUT2D eigenvalue weighted by molar-refractivity contribution is -0.384. The van der Waals surface area contributed by atoms with Crippen LogP contribution >= 0.6 is 0 Å². The molecule has 1 aliphatic carbocycles. The van der Waals surface area contributed by atoms with Crippen molar-refractivity contribution in [1.29, 1.82) is 5.26 Å². The van der Waals surface area contributed by atoms with Gasteiger partial charge in [0.05, 0.1) is 4.92 Å². The van der Waals surface area contributed by atoms with E-state index in [1.165, 1.54) is 37.2 Å². The van der Waals surface area contributed by atoms with Gasteiger partial charge in [-0.05, 0) is 18.9 Å². The molecule has 1 amide bonds. The summed E-state index contributed by atoms with van der Waals surface area (Å²) >= 11 is 0. The average molecular weight is 328 g/mol. The van der Waals surface area contributed by atoms with Gasteiger partial charge in [0.25, 0.3) is 11.6 Å². The molecule has 24 heavy (non-hydrogen) atoms. The second kappa shape index (κ2) is 8.67. The molecule has 0 radical (unpaired) electrons. The van der Waals surface area contributed by atoms with Gasteiger partial charge in [0.2, 0.25) is 0 Å². The zero-order valence-corrected chi connectivity index (χ0v) is 13.3. The van der Waals surface area contributed by atoms with E-state index < -0.39 is 10.8 Å². The number of rotatable bonds is 5. The summed E-state index contributed by atoms with van der Waals surface area (Å²) in [7, 11) is 0. The van der Waals surface area contributed by atoms with Gasteiger partial charge >= 0.3 is 0 Å². The summed E-state index contributed by atoms with van der Waals surface area (Å²) in [5, 5.41) is 25.6.